The smallest absolute Gasteiger partial charge is 0.295 e. The van der Waals surface area contributed by atoms with Gasteiger partial charge in [-0.3, -0.25) is 14.9 Å². The molecule has 150 valence electrons. The second-order valence-corrected chi connectivity index (χ2v) is 8.63. The summed E-state index contributed by atoms with van der Waals surface area (Å²) in [6, 6.07) is 7.11. The van der Waals surface area contributed by atoms with Crippen molar-refractivity contribution in [3.8, 4) is 0 Å². The Hall–Kier alpha value is -2.70. The summed E-state index contributed by atoms with van der Waals surface area (Å²) in [6.45, 7) is 9.95. The van der Waals surface area contributed by atoms with Gasteiger partial charge in [-0.05, 0) is 31.7 Å². The van der Waals surface area contributed by atoms with E-state index in [4.69, 9.17) is 0 Å². The number of nitrogens with one attached hydrogen (secondary N) is 1. The van der Waals surface area contributed by atoms with Crippen molar-refractivity contribution in [1.29, 1.82) is 0 Å². The summed E-state index contributed by atoms with van der Waals surface area (Å²) in [6.07, 6.45) is 2.08. The lowest BCUT2D eigenvalue weighted by Crippen LogP contribution is -2.43. The zero-order chi connectivity index (χ0) is 20.5. The number of amides is 1. The highest BCUT2D eigenvalue weighted by Gasteiger charge is 2.26. The minimum atomic E-state index is -0.397. The fraction of sp³-hybridized carbons (Fsp3) is 0.524. The molecule has 1 N–H and O–H groups in total. The van der Waals surface area contributed by atoms with Crippen molar-refractivity contribution < 1.29 is 9.72 Å². The van der Waals surface area contributed by atoms with Crippen molar-refractivity contribution in [2.75, 3.05) is 24.5 Å². The maximum atomic E-state index is 12.2. The van der Waals surface area contributed by atoms with Gasteiger partial charge in [0.05, 0.1) is 4.92 Å². The third kappa shape index (κ3) is 4.24. The number of non-ortho nitro benzene ring substituents is 1. The van der Waals surface area contributed by atoms with Crippen LogP contribution in [0.15, 0.2) is 24.3 Å². The number of nitrogens with zero attached hydrogens (tertiary/aromatic N) is 3. The topological polar surface area (TPSA) is 88.4 Å². The molecule has 0 radical (unpaired) electrons. The highest BCUT2D eigenvalue weighted by molar-refractivity contribution is 5.97. The first-order chi connectivity index (χ1) is 13.2. The van der Waals surface area contributed by atoms with Crippen LogP contribution in [0.2, 0.25) is 0 Å². The van der Waals surface area contributed by atoms with Crippen LogP contribution in [0.4, 0.5) is 11.4 Å². The number of hydrogen-bond donors (Lipinski definition) is 1. The van der Waals surface area contributed by atoms with Gasteiger partial charge in [0.1, 0.15) is 0 Å². The summed E-state index contributed by atoms with van der Waals surface area (Å²) in [7, 11) is 0. The number of carbonyl (C=O) groups is 1. The molecule has 0 aliphatic carbocycles. The zero-order valence-electron chi connectivity index (χ0n) is 17.0. The van der Waals surface area contributed by atoms with Crippen molar-refractivity contribution in [1.82, 2.24) is 10.3 Å². The number of nitro benzene ring substituents is 1. The molecule has 0 saturated carbocycles. The molecule has 1 atom stereocenters. The number of pyridine rings is 1. The first kappa shape index (κ1) is 20.0. The average molecular weight is 384 g/mol. The van der Waals surface area contributed by atoms with Crippen molar-refractivity contribution in [2.24, 2.45) is 11.3 Å². The molecule has 1 aromatic heterocycles. The Balaban J connectivity index is 1.85. The number of aromatic nitrogens is 1. The van der Waals surface area contributed by atoms with Crippen molar-refractivity contribution in [3.63, 3.8) is 0 Å². The molecule has 0 bridgehead atoms. The number of aryl methyl sites for hydroxylation is 1. The van der Waals surface area contributed by atoms with E-state index in [1.807, 2.05) is 39.8 Å². The number of carbonyl (C=O) groups excluding carboxylic acids is 1. The summed E-state index contributed by atoms with van der Waals surface area (Å²) in [4.78, 5) is 29.9. The van der Waals surface area contributed by atoms with E-state index in [1.165, 1.54) is 6.07 Å². The van der Waals surface area contributed by atoms with E-state index in [2.05, 4.69) is 15.2 Å². The van der Waals surface area contributed by atoms with Gasteiger partial charge in [0.25, 0.3) is 5.69 Å². The van der Waals surface area contributed by atoms with Crippen LogP contribution in [-0.4, -0.2) is 35.4 Å². The molecule has 0 spiro atoms. The normalized spacial score (nSPS) is 17.6. The second-order valence-electron chi connectivity index (χ2n) is 8.63. The minimum Gasteiger partial charge on any atom is -0.371 e. The van der Waals surface area contributed by atoms with Gasteiger partial charge in [-0.15, -0.1) is 0 Å². The summed E-state index contributed by atoms with van der Waals surface area (Å²) < 4.78 is 0. The van der Waals surface area contributed by atoms with Crippen LogP contribution in [0.25, 0.3) is 10.9 Å². The SMILES string of the molecule is Cc1cc(N2CCCC(CNC(=O)C(C)(C)C)C2)c2cccc([N+](=O)[O-])c2n1. The van der Waals surface area contributed by atoms with Crippen LogP contribution in [0.1, 0.15) is 39.3 Å². The lowest BCUT2D eigenvalue weighted by Gasteiger charge is -2.35. The third-order valence-electron chi connectivity index (χ3n) is 5.21. The molecule has 1 saturated heterocycles. The summed E-state index contributed by atoms with van der Waals surface area (Å²) in [5.74, 6) is 0.410. The van der Waals surface area contributed by atoms with Crippen LogP contribution in [0.5, 0.6) is 0 Å². The zero-order valence-corrected chi connectivity index (χ0v) is 17.0. The number of piperidine rings is 1. The van der Waals surface area contributed by atoms with Crippen LogP contribution in [-0.2, 0) is 4.79 Å². The van der Waals surface area contributed by atoms with Gasteiger partial charge in [-0.2, -0.15) is 0 Å². The molecule has 1 aliphatic heterocycles. The monoisotopic (exact) mass is 384 g/mol. The van der Waals surface area contributed by atoms with E-state index in [0.29, 0.717) is 18.0 Å². The van der Waals surface area contributed by atoms with Gasteiger partial charge in [0, 0.05) is 47.9 Å². The Bertz CT molecular complexity index is 904. The molecular weight excluding hydrogens is 356 g/mol. The van der Waals surface area contributed by atoms with E-state index in [1.54, 1.807) is 6.07 Å². The number of hydrogen-bond acceptors (Lipinski definition) is 5. The van der Waals surface area contributed by atoms with Gasteiger partial charge in [-0.1, -0.05) is 32.9 Å². The van der Waals surface area contributed by atoms with Gasteiger partial charge in [0.15, 0.2) is 5.52 Å². The summed E-state index contributed by atoms with van der Waals surface area (Å²) in [5, 5.41) is 15.3. The van der Waals surface area contributed by atoms with Gasteiger partial charge < -0.3 is 10.2 Å². The molecule has 7 nitrogen and oxygen atoms in total. The molecule has 7 heteroatoms. The fourth-order valence-corrected chi connectivity index (χ4v) is 3.70. The molecule has 2 aromatic rings. The number of benzene rings is 1. The van der Waals surface area contributed by atoms with E-state index >= 15 is 0 Å². The minimum absolute atomic E-state index is 0.0356. The van der Waals surface area contributed by atoms with Crippen LogP contribution in [0.3, 0.4) is 0 Å². The number of fused-ring (bicyclic) bond motifs is 1. The van der Waals surface area contributed by atoms with Crippen LogP contribution < -0.4 is 10.2 Å². The third-order valence-corrected chi connectivity index (χ3v) is 5.21. The fourth-order valence-electron chi connectivity index (χ4n) is 3.70. The molecule has 1 unspecified atom stereocenters. The Morgan fingerprint density at radius 3 is 2.82 bits per heavy atom. The van der Waals surface area contributed by atoms with Crippen molar-refractivity contribution in [2.45, 2.75) is 40.5 Å². The summed E-state index contributed by atoms with van der Waals surface area (Å²) in [5.41, 5.74) is 1.82. The predicted molar refractivity (Wildman–Crippen MR) is 111 cm³/mol. The standard InChI is InChI=1S/C21H28N4O3/c1-14-11-18(16-8-5-9-17(25(27)28)19(16)23-14)24-10-6-7-15(13-24)12-22-20(26)21(2,3)4/h5,8-9,11,15H,6-7,10,12-13H2,1-4H3,(H,22,26). The van der Waals surface area contributed by atoms with Gasteiger partial charge >= 0.3 is 0 Å². The van der Waals surface area contributed by atoms with Crippen LogP contribution in [0, 0.1) is 28.4 Å². The number of anilines is 1. The molecule has 28 heavy (non-hydrogen) atoms. The van der Waals surface area contributed by atoms with Gasteiger partial charge in [-0.25, -0.2) is 4.98 Å². The molecule has 1 fully saturated rings. The number of rotatable bonds is 4. The number of nitro groups is 1. The lowest BCUT2D eigenvalue weighted by atomic mass is 9.93. The molecule has 1 amide bonds. The predicted octanol–water partition coefficient (Wildman–Crippen LogP) is 3.83. The quantitative estimate of drug-likeness (QED) is 0.639. The first-order valence-corrected chi connectivity index (χ1v) is 9.75. The molecule has 3 rings (SSSR count). The highest BCUT2D eigenvalue weighted by Crippen LogP contribution is 2.34. The molecular formula is C21H28N4O3. The Morgan fingerprint density at radius 1 is 1.39 bits per heavy atom. The Morgan fingerprint density at radius 2 is 2.14 bits per heavy atom. The van der Waals surface area contributed by atoms with E-state index in [-0.39, 0.29) is 16.5 Å². The lowest BCUT2D eigenvalue weighted by molar-refractivity contribution is -0.383. The Kier molecular flexibility index (Phi) is 5.54. The summed E-state index contributed by atoms with van der Waals surface area (Å²) >= 11 is 0. The molecule has 1 aromatic carbocycles. The Labute approximate surface area is 165 Å². The molecule has 2 heterocycles. The van der Waals surface area contributed by atoms with E-state index in [0.717, 1.165) is 42.7 Å². The van der Waals surface area contributed by atoms with Crippen LogP contribution >= 0.6 is 0 Å². The molecule has 1 aliphatic rings. The van der Waals surface area contributed by atoms with Gasteiger partial charge in [0.2, 0.25) is 5.91 Å². The van der Waals surface area contributed by atoms with E-state index < -0.39 is 5.41 Å². The number of para-hydroxylation sites is 1. The largest absolute Gasteiger partial charge is 0.371 e. The second kappa shape index (κ2) is 7.73. The maximum absolute atomic E-state index is 12.2. The average Bonchev–Trinajstić information content (AvgIpc) is 2.64. The van der Waals surface area contributed by atoms with Crippen molar-refractivity contribution in [3.05, 3.63) is 40.1 Å². The maximum Gasteiger partial charge on any atom is 0.295 e. The first-order valence-electron chi connectivity index (χ1n) is 9.75. The van der Waals surface area contributed by atoms with Crippen molar-refractivity contribution >= 4 is 28.2 Å². The van der Waals surface area contributed by atoms with E-state index in [9.17, 15) is 14.9 Å². The highest BCUT2D eigenvalue weighted by atomic mass is 16.6.